The number of rotatable bonds is 3. The first-order valence-corrected chi connectivity index (χ1v) is 8.23. The molecule has 0 bridgehead atoms. The standard InChI is InChI=1S/C18H19BrFN/c19-15-9-4-10-16(20)18(15)17(21)11-13-7-3-6-12-5-1-2-8-14(12)13/h1-2,4-5,8-10,13,17H,3,6-7,11,21H2. The summed E-state index contributed by atoms with van der Waals surface area (Å²) in [5.41, 5.74) is 9.73. The van der Waals surface area contributed by atoms with Crippen molar-refractivity contribution < 1.29 is 4.39 Å². The molecule has 0 saturated heterocycles. The van der Waals surface area contributed by atoms with E-state index in [1.54, 1.807) is 6.07 Å². The van der Waals surface area contributed by atoms with Gasteiger partial charge in [0.25, 0.3) is 0 Å². The van der Waals surface area contributed by atoms with Gasteiger partial charge < -0.3 is 5.73 Å². The van der Waals surface area contributed by atoms with Crippen molar-refractivity contribution in [3.8, 4) is 0 Å². The summed E-state index contributed by atoms with van der Waals surface area (Å²) >= 11 is 3.42. The van der Waals surface area contributed by atoms with Gasteiger partial charge in [-0.25, -0.2) is 4.39 Å². The fourth-order valence-corrected chi connectivity index (χ4v) is 4.02. The fraction of sp³-hybridized carbons (Fsp3) is 0.333. The molecule has 2 aromatic carbocycles. The van der Waals surface area contributed by atoms with Gasteiger partial charge in [-0.3, -0.25) is 0 Å². The molecule has 110 valence electrons. The van der Waals surface area contributed by atoms with Crippen LogP contribution in [0, 0.1) is 5.82 Å². The topological polar surface area (TPSA) is 26.0 Å². The number of benzene rings is 2. The van der Waals surface area contributed by atoms with E-state index in [4.69, 9.17) is 5.73 Å². The van der Waals surface area contributed by atoms with E-state index in [1.807, 2.05) is 6.07 Å². The normalized spacial score (nSPS) is 19.1. The second kappa shape index (κ2) is 6.29. The SMILES string of the molecule is NC(CC1CCCc2ccccc21)c1c(F)cccc1Br. The Morgan fingerprint density at radius 3 is 2.81 bits per heavy atom. The van der Waals surface area contributed by atoms with Crippen LogP contribution in [-0.2, 0) is 6.42 Å². The van der Waals surface area contributed by atoms with Crippen LogP contribution in [0.4, 0.5) is 4.39 Å². The minimum atomic E-state index is -0.281. The molecule has 2 atom stereocenters. The molecule has 0 radical (unpaired) electrons. The van der Waals surface area contributed by atoms with Crippen LogP contribution in [0.15, 0.2) is 46.9 Å². The fourth-order valence-electron chi connectivity index (χ4n) is 3.39. The lowest BCUT2D eigenvalue weighted by molar-refractivity contribution is 0.463. The summed E-state index contributed by atoms with van der Waals surface area (Å²) in [6.45, 7) is 0. The highest BCUT2D eigenvalue weighted by Gasteiger charge is 2.24. The van der Waals surface area contributed by atoms with E-state index >= 15 is 0 Å². The Kier molecular flexibility index (Phi) is 4.41. The number of hydrogen-bond acceptors (Lipinski definition) is 1. The molecular formula is C18H19BrFN. The van der Waals surface area contributed by atoms with Crippen LogP contribution >= 0.6 is 15.9 Å². The highest BCUT2D eigenvalue weighted by molar-refractivity contribution is 9.10. The van der Waals surface area contributed by atoms with Crippen LogP contribution in [0.1, 0.15) is 47.9 Å². The summed E-state index contributed by atoms with van der Waals surface area (Å²) in [6, 6.07) is 13.3. The Morgan fingerprint density at radius 1 is 1.19 bits per heavy atom. The predicted molar refractivity (Wildman–Crippen MR) is 87.8 cm³/mol. The monoisotopic (exact) mass is 347 g/mol. The third-order valence-corrected chi connectivity index (χ3v) is 5.09. The molecule has 3 rings (SSSR count). The number of hydrogen-bond donors (Lipinski definition) is 1. The molecule has 3 heteroatoms. The van der Waals surface area contributed by atoms with Gasteiger partial charge in [0.1, 0.15) is 5.82 Å². The van der Waals surface area contributed by atoms with E-state index in [2.05, 4.69) is 40.2 Å². The third kappa shape index (κ3) is 3.04. The van der Waals surface area contributed by atoms with Crippen molar-refractivity contribution in [3.05, 3.63) is 69.4 Å². The molecule has 0 aromatic heterocycles. The molecule has 21 heavy (non-hydrogen) atoms. The van der Waals surface area contributed by atoms with Crippen molar-refractivity contribution in [2.24, 2.45) is 5.73 Å². The molecule has 0 fully saturated rings. The average Bonchev–Trinajstić information content (AvgIpc) is 2.47. The predicted octanol–water partition coefficient (Wildman–Crippen LogP) is 5.10. The molecule has 0 saturated carbocycles. The van der Waals surface area contributed by atoms with Crippen LogP contribution in [0.25, 0.3) is 0 Å². The summed E-state index contributed by atoms with van der Waals surface area (Å²) in [5.74, 6) is 0.206. The van der Waals surface area contributed by atoms with Crippen molar-refractivity contribution in [2.75, 3.05) is 0 Å². The maximum Gasteiger partial charge on any atom is 0.129 e. The van der Waals surface area contributed by atoms with Gasteiger partial charge in [-0.2, -0.15) is 0 Å². The maximum absolute atomic E-state index is 14.0. The summed E-state index contributed by atoms with van der Waals surface area (Å²) in [4.78, 5) is 0. The molecule has 2 unspecified atom stereocenters. The molecule has 1 aliphatic rings. The molecule has 0 amide bonds. The Labute approximate surface area is 133 Å². The van der Waals surface area contributed by atoms with Crippen molar-refractivity contribution in [2.45, 2.75) is 37.6 Å². The van der Waals surface area contributed by atoms with Gasteiger partial charge in [0.05, 0.1) is 0 Å². The largest absolute Gasteiger partial charge is 0.324 e. The minimum Gasteiger partial charge on any atom is -0.324 e. The number of aryl methyl sites for hydroxylation is 1. The van der Waals surface area contributed by atoms with Gasteiger partial charge in [-0.1, -0.05) is 46.3 Å². The van der Waals surface area contributed by atoms with Crippen LogP contribution in [0.2, 0.25) is 0 Å². The van der Waals surface area contributed by atoms with Crippen molar-refractivity contribution in [1.82, 2.24) is 0 Å². The molecule has 2 aromatic rings. The summed E-state index contributed by atoms with van der Waals surface area (Å²) in [7, 11) is 0. The van der Waals surface area contributed by atoms with Gasteiger partial charge >= 0.3 is 0 Å². The summed E-state index contributed by atoms with van der Waals surface area (Å²) < 4.78 is 14.8. The van der Waals surface area contributed by atoms with E-state index in [-0.39, 0.29) is 11.9 Å². The zero-order valence-corrected chi connectivity index (χ0v) is 13.4. The smallest absolute Gasteiger partial charge is 0.129 e. The lowest BCUT2D eigenvalue weighted by Crippen LogP contribution is -2.19. The Bertz CT molecular complexity index is 621. The first-order chi connectivity index (χ1) is 10.2. The van der Waals surface area contributed by atoms with Crippen molar-refractivity contribution in [1.29, 1.82) is 0 Å². The highest BCUT2D eigenvalue weighted by Crippen LogP contribution is 2.38. The molecule has 0 spiro atoms. The first-order valence-electron chi connectivity index (χ1n) is 7.44. The Hall–Kier alpha value is -1.19. The highest BCUT2D eigenvalue weighted by atomic mass is 79.9. The molecule has 2 N–H and O–H groups in total. The second-order valence-electron chi connectivity index (χ2n) is 5.77. The van der Waals surface area contributed by atoms with Crippen molar-refractivity contribution >= 4 is 15.9 Å². The van der Waals surface area contributed by atoms with Gasteiger partial charge in [-0.05, 0) is 54.9 Å². The zero-order chi connectivity index (χ0) is 14.8. The van der Waals surface area contributed by atoms with E-state index in [9.17, 15) is 4.39 Å². The molecular weight excluding hydrogens is 329 g/mol. The maximum atomic E-state index is 14.0. The Balaban J connectivity index is 1.85. The lowest BCUT2D eigenvalue weighted by atomic mass is 9.79. The quantitative estimate of drug-likeness (QED) is 0.821. The van der Waals surface area contributed by atoms with E-state index in [1.165, 1.54) is 23.6 Å². The van der Waals surface area contributed by atoms with Gasteiger partial charge in [0.15, 0.2) is 0 Å². The van der Waals surface area contributed by atoms with E-state index in [0.29, 0.717) is 11.5 Å². The first kappa shape index (κ1) is 14.7. The molecule has 0 heterocycles. The van der Waals surface area contributed by atoms with Gasteiger partial charge in [-0.15, -0.1) is 0 Å². The molecule has 1 nitrogen and oxygen atoms in total. The second-order valence-corrected chi connectivity index (χ2v) is 6.62. The van der Waals surface area contributed by atoms with Crippen LogP contribution in [0.3, 0.4) is 0 Å². The molecule has 0 aliphatic heterocycles. The molecule has 1 aliphatic carbocycles. The average molecular weight is 348 g/mol. The minimum absolute atomic E-state index is 0.221. The van der Waals surface area contributed by atoms with Crippen LogP contribution < -0.4 is 5.73 Å². The lowest BCUT2D eigenvalue weighted by Gasteiger charge is -2.28. The van der Waals surface area contributed by atoms with Crippen molar-refractivity contribution in [3.63, 3.8) is 0 Å². The zero-order valence-electron chi connectivity index (χ0n) is 11.9. The van der Waals surface area contributed by atoms with Crippen LogP contribution in [-0.4, -0.2) is 0 Å². The van der Waals surface area contributed by atoms with E-state index in [0.717, 1.165) is 23.7 Å². The number of fused-ring (bicyclic) bond motifs is 1. The summed E-state index contributed by atoms with van der Waals surface area (Å²) in [5, 5.41) is 0. The number of halogens is 2. The van der Waals surface area contributed by atoms with E-state index < -0.39 is 0 Å². The van der Waals surface area contributed by atoms with Crippen LogP contribution in [0.5, 0.6) is 0 Å². The third-order valence-electron chi connectivity index (χ3n) is 4.40. The Morgan fingerprint density at radius 2 is 2.00 bits per heavy atom. The summed E-state index contributed by atoms with van der Waals surface area (Å²) in [6.07, 6.45) is 4.26. The number of nitrogens with two attached hydrogens (primary N) is 1. The van der Waals surface area contributed by atoms with Gasteiger partial charge in [0.2, 0.25) is 0 Å². The van der Waals surface area contributed by atoms with Gasteiger partial charge in [0, 0.05) is 16.1 Å².